The second kappa shape index (κ2) is 4.41. The number of nitrogens with zero attached hydrogens (tertiary/aromatic N) is 2. The Kier molecular flexibility index (Phi) is 3.23. The molecule has 0 aromatic heterocycles. The van der Waals surface area contributed by atoms with Crippen LogP contribution in [0.1, 0.15) is 22.6 Å². The minimum atomic E-state index is -0.296. The zero-order valence-electron chi connectivity index (χ0n) is 7.57. The first-order valence-electron chi connectivity index (χ1n) is 4.10. The van der Waals surface area contributed by atoms with Crippen LogP contribution >= 0.6 is 0 Å². The average molecular weight is 185 g/mol. The van der Waals surface area contributed by atoms with Crippen LogP contribution in [0.25, 0.3) is 0 Å². The van der Waals surface area contributed by atoms with Crippen LogP contribution < -0.4 is 0 Å². The van der Waals surface area contributed by atoms with Gasteiger partial charge in [0.2, 0.25) is 0 Å². The van der Waals surface area contributed by atoms with Crippen molar-refractivity contribution >= 4 is 0 Å². The molecule has 0 saturated heterocycles. The van der Waals surface area contributed by atoms with Gasteiger partial charge in [-0.2, -0.15) is 10.5 Å². The predicted octanol–water partition coefficient (Wildman–Crippen LogP) is 1.34. The van der Waals surface area contributed by atoms with Crippen molar-refractivity contribution in [2.24, 2.45) is 0 Å². The largest absolute Gasteiger partial charge is 0.396 e. The van der Waals surface area contributed by atoms with E-state index in [4.69, 9.17) is 15.6 Å². The molecule has 14 heavy (non-hydrogen) atoms. The first-order chi connectivity index (χ1) is 6.71. The molecule has 3 nitrogen and oxygen atoms in total. The normalized spacial score (nSPS) is 11.4. The smallest absolute Gasteiger partial charge is 0.0992 e. The Bertz CT molecular complexity index is 380. The summed E-state index contributed by atoms with van der Waals surface area (Å²) in [7, 11) is 0. The molecule has 1 aromatic rings. The molecule has 0 aliphatic carbocycles. The number of aliphatic hydroxyl groups excluding tert-OH is 1. The topological polar surface area (TPSA) is 67.8 Å². The van der Waals surface area contributed by atoms with E-state index in [1.807, 2.05) is 12.1 Å². The fourth-order valence-electron chi connectivity index (χ4n) is 1.12. The first-order valence-corrected chi connectivity index (χ1v) is 4.10. The Morgan fingerprint density at radius 2 is 1.71 bits per heavy atom. The second-order valence-electron chi connectivity index (χ2n) is 2.95. The highest BCUT2D eigenvalue weighted by molar-refractivity contribution is 5.43. The third-order valence-corrected chi connectivity index (χ3v) is 1.91. The SMILES string of the molecule is [CH2]C(CO)c1cc(C#N)cc(C#N)c1. The van der Waals surface area contributed by atoms with Gasteiger partial charge in [0.15, 0.2) is 0 Å². The van der Waals surface area contributed by atoms with Crippen LogP contribution in [0.5, 0.6) is 0 Å². The molecule has 1 radical (unpaired) electrons. The highest BCUT2D eigenvalue weighted by Crippen LogP contribution is 2.17. The van der Waals surface area contributed by atoms with Gasteiger partial charge < -0.3 is 5.11 Å². The van der Waals surface area contributed by atoms with Crippen LogP contribution in [0, 0.1) is 29.6 Å². The molecule has 0 spiro atoms. The molecule has 1 rings (SSSR count). The lowest BCUT2D eigenvalue weighted by molar-refractivity contribution is 0.282. The van der Waals surface area contributed by atoms with Crippen molar-refractivity contribution in [3.05, 3.63) is 41.8 Å². The van der Waals surface area contributed by atoms with E-state index in [-0.39, 0.29) is 12.5 Å². The molecule has 0 heterocycles. The van der Waals surface area contributed by atoms with Crippen LogP contribution in [0.3, 0.4) is 0 Å². The Morgan fingerprint density at radius 3 is 2.07 bits per heavy atom. The van der Waals surface area contributed by atoms with Crippen molar-refractivity contribution in [2.45, 2.75) is 5.92 Å². The molecule has 0 saturated carbocycles. The van der Waals surface area contributed by atoms with Gasteiger partial charge in [-0.05, 0) is 30.7 Å². The number of hydrogen-bond donors (Lipinski definition) is 1. The van der Waals surface area contributed by atoms with Crippen molar-refractivity contribution < 1.29 is 5.11 Å². The van der Waals surface area contributed by atoms with E-state index in [9.17, 15) is 0 Å². The summed E-state index contributed by atoms with van der Waals surface area (Å²) in [6.45, 7) is 3.61. The van der Waals surface area contributed by atoms with Gasteiger partial charge in [-0.15, -0.1) is 0 Å². The summed E-state index contributed by atoms with van der Waals surface area (Å²) >= 11 is 0. The van der Waals surface area contributed by atoms with E-state index in [2.05, 4.69) is 6.92 Å². The summed E-state index contributed by atoms with van der Waals surface area (Å²) in [4.78, 5) is 0. The lowest BCUT2D eigenvalue weighted by atomic mass is 9.98. The number of aliphatic hydroxyl groups is 1. The van der Waals surface area contributed by atoms with Gasteiger partial charge in [0, 0.05) is 12.5 Å². The number of nitriles is 2. The minimum Gasteiger partial charge on any atom is -0.396 e. The first kappa shape index (κ1) is 10.2. The predicted molar refractivity (Wildman–Crippen MR) is 51.1 cm³/mol. The fraction of sp³-hybridized carbons (Fsp3) is 0.182. The highest BCUT2D eigenvalue weighted by atomic mass is 16.3. The lowest BCUT2D eigenvalue weighted by Crippen LogP contribution is -2.00. The summed E-state index contributed by atoms with van der Waals surface area (Å²) in [6, 6.07) is 8.70. The number of rotatable bonds is 2. The maximum absolute atomic E-state index is 8.89. The highest BCUT2D eigenvalue weighted by Gasteiger charge is 2.07. The van der Waals surface area contributed by atoms with E-state index in [0.29, 0.717) is 16.7 Å². The van der Waals surface area contributed by atoms with E-state index < -0.39 is 0 Å². The van der Waals surface area contributed by atoms with Gasteiger partial charge in [-0.3, -0.25) is 0 Å². The van der Waals surface area contributed by atoms with Crippen LogP contribution in [-0.4, -0.2) is 11.7 Å². The van der Waals surface area contributed by atoms with E-state index in [1.54, 1.807) is 12.1 Å². The Balaban J connectivity index is 3.20. The molecule has 69 valence electrons. The molecule has 0 amide bonds. The molecular weight excluding hydrogens is 176 g/mol. The Hall–Kier alpha value is -1.84. The summed E-state index contributed by atoms with van der Waals surface area (Å²) < 4.78 is 0. The summed E-state index contributed by atoms with van der Waals surface area (Å²) in [5.74, 6) is -0.296. The van der Waals surface area contributed by atoms with Gasteiger partial charge >= 0.3 is 0 Å². The van der Waals surface area contributed by atoms with Gasteiger partial charge in [0.25, 0.3) is 0 Å². The third kappa shape index (κ3) is 2.10. The molecule has 0 bridgehead atoms. The molecule has 0 fully saturated rings. The molecule has 0 aliphatic rings. The maximum atomic E-state index is 8.89. The van der Waals surface area contributed by atoms with Gasteiger partial charge in [0.05, 0.1) is 23.3 Å². The van der Waals surface area contributed by atoms with Crippen LogP contribution in [-0.2, 0) is 0 Å². The molecule has 1 atom stereocenters. The Morgan fingerprint density at radius 1 is 1.21 bits per heavy atom. The molecule has 1 N–H and O–H groups in total. The summed E-state index contributed by atoms with van der Waals surface area (Å²) in [5.41, 5.74) is 1.55. The average Bonchev–Trinajstić information content (AvgIpc) is 2.27. The summed E-state index contributed by atoms with van der Waals surface area (Å²) in [5, 5.41) is 26.3. The molecule has 1 aromatic carbocycles. The minimum absolute atomic E-state index is 0.0975. The van der Waals surface area contributed by atoms with Gasteiger partial charge in [-0.1, -0.05) is 0 Å². The zero-order chi connectivity index (χ0) is 10.6. The van der Waals surface area contributed by atoms with Gasteiger partial charge in [0.1, 0.15) is 0 Å². The van der Waals surface area contributed by atoms with E-state index in [1.165, 1.54) is 6.07 Å². The maximum Gasteiger partial charge on any atom is 0.0992 e. The summed E-state index contributed by atoms with van der Waals surface area (Å²) in [6.07, 6.45) is 0. The van der Waals surface area contributed by atoms with Crippen molar-refractivity contribution in [3.8, 4) is 12.1 Å². The van der Waals surface area contributed by atoms with Crippen molar-refractivity contribution in [2.75, 3.05) is 6.61 Å². The lowest BCUT2D eigenvalue weighted by Gasteiger charge is -2.08. The van der Waals surface area contributed by atoms with Crippen LogP contribution in [0.15, 0.2) is 18.2 Å². The van der Waals surface area contributed by atoms with Crippen molar-refractivity contribution in [1.82, 2.24) is 0 Å². The zero-order valence-corrected chi connectivity index (χ0v) is 7.57. The third-order valence-electron chi connectivity index (χ3n) is 1.91. The van der Waals surface area contributed by atoms with Gasteiger partial charge in [-0.25, -0.2) is 0 Å². The molecule has 1 unspecified atom stereocenters. The van der Waals surface area contributed by atoms with Crippen LogP contribution in [0.2, 0.25) is 0 Å². The molecule has 0 aliphatic heterocycles. The molecular formula is C11H9N2O. The quantitative estimate of drug-likeness (QED) is 0.755. The molecule has 3 heteroatoms. The number of hydrogen-bond acceptors (Lipinski definition) is 3. The van der Waals surface area contributed by atoms with Crippen molar-refractivity contribution in [3.63, 3.8) is 0 Å². The van der Waals surface area contributed by atoms with Crippen molar-refractivity contribution in [1.29, 1.82) is 10.5 Å². The van der Waals surface area contributed by atoms with E-state index in [0.717, 1.165) is 0 Å². The second-order valence-corrected chi connectivity index (χ2v) is 2.95. The Labute approximate surface area is 82.8 Å². The standard InChI is InChI=1S/C11H9N2O/c1-8(7-14)11-3-9(5-12)2-10(4-11)6-13/h2-4,8,14H,1,7H2. The monoisotopic (exact) mass is 185 g/mol. The number of benzene rings is 1. The van der Waals surface area contributed by atoms with E-state index >= 15 is 0 Å². The fourth-order valence-corrected chi connectivity index (χ4v) is 1.12. The van der Waals surface area contributed by atoms with Crippen LogP contribution in [0.4, 0.5) is 0 Å².